The van der Waals surface area contributed by atoms with Gasteiger partial charge in [-0.3, -0.25) is 25.0 Å². The number of aromatic amines is 2. The summed E-state index contributed by atoms with van der Waals surface area (Å²) >= 11 is 0. The number of aromatic nitrogens is 7. The summed E-state index contributed by atoms with van der Waals surface area (Å²) in [5, 5.41) is 8.40. The molecule has 0 amide bonds. The van der Waals surface area contributed by atoms with Crippen molar-refractivity contribution in [2.75, 3.05) is 26.2 Å². The minimum absolute atomic E-state index is 0.371. The van der Waals surface area contributed by atoms with Gasteiger partial charge >= 0.3 is 0 Å². The molecule has 0 atom stereocenters. The van der Waals surface area contributed by atoms with Crippen LogP contribution in [0.4, 0.5) is 4.39 Å². The van der Waals surface area contributed by atoms with Crippen LogP contribution in [-0.2, 0) is 0 Å². The number of rotatable bonds is 7. The SMILES string of the molecule is Fc1cc(OCCN2CCCC2)cc(-c2cncc3[nH]c(-c4n[nH]c5cnc(-c6ccccn6)cc45)nc23)c1. The molecule has 0 bridgehead atoms. The second kappa shape index (κ2) is 9.88. The van der Waals surface area contributed by atoms with E-state index in [0.717, 1.165) is 47.4 Å². The Morgan fingerprint density at radius 3 is 2.74 bits per heavy atom. The van der Waals surface area contributed by atoms with Crippen LogP contribution in [0.2, 0.25) is 0 Å². The van der Waals surface area contributed by atoms with Gasteiger partial charge in [0.25, 0.3) is 0 Å². The molecule has 10 heteroatoms. The lowest BCUT2D eigenvalue weighted by atomic mass is 10.1. The molecule has 39 heavy (non-hydrogen) atoms. The molecule has 194 valence electrons. The van der Waals surface area contributed by atoms with Crippen LogP contribution in [0.3, 0.4) is 0 Å². The van der Waals surface area contributed by atoms with Crippen LogP contribution in [-0.4, -0.2) is 66.3 Å². The van der Waals surface area contributed by atoms with Gasteiger partial charge in [0, 0.05) is 36.0 Å². The van der Waals surface area contributed by atoms with Crippen molar-refractivity contribution < 1.29 is 9.13 Å². The molecule has 1 saturated heterocycles. The van der Waals surface area contributed by atoms with E-state index in [9.17, 15) is 4.39 Å². The maximum atomic E-state index is 14.7. The van der Waals surface area contributed by atoms with Crippen molar-refractivity contribution in [1.82, 2.24) is 40.0 Å². The van der Waals surface area contributed by atoms with Gasteiger partial charge in [0.2, 0.25) is 0 Å². The van der Waals surface area contributed by atoms with Crippen LogP contribution >= 0.6 is 0 Å². The predicted molar refractivity (Wildman–Crippen MR) is 147 cm³/mol. The summed E-state index contributed by atoms with van der Waals surface area (Å²) in [5.74, 6) is 0.691. The van der Waals surface area contributed by atoms with E-state index in [1.165, 1.54) is 25.0 Å². The molecule has 5 aromatic heterocycles. The van der Waals surface area contributed by atoms with Gasteiger partial charge in [0.1, 0.15) is 23.9 Å². The minimum atomic E-state index is -0.371. The molecule has 6 aromatic rings. The first-order valence-corrected chi connectivity index (χ1v) is 13.0. The lowest BCUT2D eigenvalue weighted by Gasteiger charge is -2.15. The van der Waals surface area contributed by atoms with E-state index in [2.05, 4.69) is 35.0 Å². The van der Waals surface area contributed by atoms with Gasteiger partial charge in [-0.2, -0.15) is 5.10 Å². The molecule has 1 aliphatic rings. The Morgan fingerprint density at radius 2 is 1.87 bits per heavy atom. The normalized spacial score (nSPS) is 14.0. The Morgan fingerprint density at radius 1 is 0.949 bits per heavy atom. The average Bonchev–Trinajstić information content (AvgIpc) is 3.72. The zero-order valence-electron chi connectivity index (χ0n) is 21.1. The molecular formula is C29H25FN8O. The van der Waals surface area contributed by atoms with Crippen molar-refractivity contribution in [3.05, 3.63) is 73.1 Å². The van der Waals surface area contributed by atoms with E-state index in [4.69, 9.17) is 9.72 Å². The van der Waals surface area contributed by atoms with E-state index in [-0.39, 0.29) is 5.82 Å². The Kier molecular flexibility index (Phi) is 5.93. The number of nitrogens with one attached hydrogen (secondary N) is 2. The highest BCUT2D eigenvalue weighted by atomic mass is 19.1. The number of hydrogen-bond acceptors (Lipinski definition) is 7. The van der Waals surface area contributed by atoms with E-state index in [1.807, 2.05) is 30.3 Å². The first-order chi connectivity index (χ1) is 19.2. The quantitative estimate of drug-likeness (QED) is 0.296. The van der Waals surface area contributed by atoms with Crippen molar-refractivity contribution in [1.29, 1.82) is 0 Å². The molecule has 6 heterocycles. The largest absolute Gasteiger partial charge is 0.492 e. The molecule has 0 radical (unpaired) electrons. The zero-order chi connectivity index (χ0) is 26.2. The lowest BCUT2D eigenvalue weighted by Crippen LogP contribution is -2.25. The fraction of sp³-hybridized carbons (Fsp3) is 0.207. The molecular weight excluding hydrogens is 495 g/mol. The molecule has 9 nitrogen and oxygen atoms in total. The molecule has 1 fully saturated rings. The van der Waals surface area contributed by atoms with Gasteiger partial charge < -0.3 is 9.72 Å². The number of nitrogens with zero attached hydrogens (tertiary/aromatic N) is 6. The number of hydrogen-bond donors (Lipinski definition) is 2. The fourth-order valence-electron chi connectivity index (χ4n) is 5.11. The van der Waals surface area contributed by atoms with Gasteiger partial charge in [-0.05, 0) is 61.8 Å². The maximum Gasteiger partial charge on any atom is 0.159 e. The molecule has 0 unspecified atom stereocenters. The standard InChI is InChI=1S/C29H25FN8O/c30-19-11-18(12-20(13-19)39-10-9-38-7-3-4-8-38)22-15-31-16-26-27(22)35-29(34-26)28-21-14-24(23-5-1-2-6-32-23)33-17-25(21)36-37-28/h1-2,5-6,11-17H,3-4,7-10H2,(H,34,35)(H,36,37). The molecule has 7 rings (SSSR count). The molecule has 2 N–H and O–H groups in total. The number of benzene rings is 1. The topological polar surface area (TPSA) is 108 Å². The summed E-state index contributed by atoms with van der Waals surface area (Å²) in [6.07, 6.45) is 9.33. The lowest BCUT2D eigenvalue weighted by molar-refractivity contribution is 0.237. The maximum absolute atomic E-state index is 14.7. The second-order valence-electron chi connectivity index (χ2n) is 9.64. The first-order valence-electron chi connectivity index (χ1n) is 13.0. The van der Waals surface area contributed by atoms with Gasteiger partial charge in [0.15, 0.2) is 5.82 Å². The minimum Gasteiger partial charge on any atom is -0.492 e. The zero-order valence-corrected chi connectivity index (χ0v) is 21.1. The monoisotopic (exact) mass is 520 g/mol. The van der Waals surface area contributed by atoms with Crippen LogP contribution in [0.25, 0.3) is 56.0 Å². The van der Waals surface area contributed by atoms with Gasteiger partial charge in [-0.1, -0.05) is 6.07 Å². The highest BCUT2D eigenvalue weighted by molar-refractivity contribution is 5.97. The van der Waals surface area contributed by atoms with Crippen molar-refractivity contribution in [3.8, 4) is 39.8 Å². The summed E-state index contributed by atoms with van der Waals surface area (Å²) in [6, 6.07) is 12.4. The highest BCUT2D eigenvalue weighted by Crippen LogP contribution is 2.33. The molecule has 1 aliphatic heterocycles. The summed E-state index contributed by atoms with van der Waals surface area (Å²) in [7, 11) is 0. The molecule has 0 aliphatic carbocycles. The number of likely N-dealkylation sites (tertiary alicyclic amines) is 1. The number of halogens is 1. The fourth-order valence-corrected chi connectivity index (χ4v) is 5.11. The first kappa shape index (κ1) is 23.4. The van der Waals surface area contributed by atoms with Crippen LogP contribution in [0.1, 0.15) is 12.8 Å². The van der Waals surface area contributed by atoms with Crippen LogP contribution in [0.15, 0.2) is 67.3 Å². The van der Waals surface area contributed by atoms with E-state index in [1.54, 1.807) is 24.8 Å². The van der Waals surface area contributed by atoms with E-state index >= 15 is 0 Å². The summed E-state index contributed by atoms with van der Waals surface area (Å²) in [6.45, 7) is 3.54. The van der Waals surface area contributed by atoms with Crippen molar-refractivity contribution in [2.24, 2.45) is 0 Å². The van der Waals surface area contributed by atoms with Crippen LogP contribution < -0.4 is 4.74 Å². The Balaban J connectivity index is 1.23. The van der Waals surface area contributed by atoms with Gasteiger partial charge in [-0.15, -0.1) is 0 Å². The van der Waals surface area contributed by atoms with Crippen LogP contribution in [0, 0.1) is 5.82 Å². The smallest absolute Gasteiger partial charge is 0.159 e. The third-order valence-electron chi connectivity index (χ3n) is 7.05. The van der Waals surface area contributed by atoms with E-state index in [0.29, 0.717) is 40.5 Å². The van der Waals surface area contributed by atoms with Crippen molar-refractivity contribution in [2.45, 2.75) is 12.8 Å². The van der Waals surface area contributed by atoms with Crippen molar-refractivity contribution >= 4 is 21.9 Å². The Hall–Kier alpha value is -4.70. The summed E-state index contributed by atoms with van der Waals surface area (Å²) < 4.78 is 20.6. The predicted octanol–water partition coefficient (Wildman–Crippen LogP) is 5.24. The van der Waals surface area contributed by atoms with Gasteiger partial charge in [-0.25, -0.2) is 9.37 Å². The third-order valence-corrected chi connectivity index (χ3v) is 7.05. The number of fused-ring (bicyclic) bond motifs is 2. The number of ether oxygens (including phenoxy) is 1. The molecule has 0 saturated carbocycles. The summed E-state index contributed by atoms with van der Waals surface area (Å²) in [4.78, 5) is 23.9. The summed E-state index contributed by atoms with van der Waals surface area (Å²) in [5.41, 5.74) is 5.68. The third kappa shape index (κ3) is 4.59. The molecule has 1 aromatic carbocycles. The number of imidazole rings is 1. The Labute approximate surface area is 223 Å². The number of pyridine rings is 3. The van der Waals surface area contributed by atoms with Gasteiger partial charge in [0.05, 0.1) is 40.3 Å². The second-order valence-corrected chi connectivity index (χ2v) is 9.64. The Bertz CT molecular complexity index is 1780. The average molecular weight is 521 g/mol. The molecule has 0 spiro atoms. The highest BCUT2D eigenvalue weighted by Gasteiger charge is 2.18. The van der Waals surface area contributed by atoms with E-state index < -0.39 is 0 Å². The van der Waals surface area contributed by atoms with Crippen LogP contribution in [0.5, 0.6) is 5.75 Å². The number of H-pyrrole nitrogens is 2. The van der Waals surface area contributed by atoms with Crippen molar-refractivity contribution in [3.63, 3.8) is 0 Å².